The molecule has 4 heteroatoms. The van der Waals surface area contributed by atoms with Gasteiger partial charge in [0.15, 0.2) is 0 Å². The maximum absolute atomic E-state index is 12.0. The number of nitrogen functional groups attached to an aromatic ring is 1. The summed E-state index contributed by atoms with van der Waals surface area (Å²) < 4.78 is 0. The summed E-state index contributed by atoms with van der Waals surface area (Å²) in [6, 6.07) is 6.15. The van der Waals surface area contributed by atoms with Gasteiger partial charge in [0.1, 0.15) is 0 Å². The zero-order chi connectivity index (χ0) is 15.2. The fraction of sp³-hybridized carbons (Fsp3) is 0.588. The largest absolute Gasteiger partial charge is 0.397 e. The molecular formula is C17H27N3O. The first-order valence-corrected chi connectivity index (χ1v) is 8.11. The standard InChI is InChI=1S/C17H27N3O/c1-3-14-8-6-5-7-11-20(14)16-12-13(9-10-15(16)18)17(21)19-4-2/h9-10,12,14H,3-8,11,18H2,1-2H3,(H,19,21). The maximum atomic E-state index is 12.0. The fourth-order valence-corrected chi connectivity index (χ4v) is 3.12. The van der Waals surface area contributed by atoms with Crippen LogP contribution in [-0.2, 0) is 0 Å². The van der Waals surface area contributed by atoms with Crippen molar-refractivity contribution in [1.82, 2.24) is 5.32 Å². The van der Waals surface area contributed by atoms with Gasteiger partial charge in [0, 0.05) is 24.7 Å². The van der Waals surface area contributed by atoms with E-state index in [1.807, 2.05) is 25.1 Å². The molecule has 0 bridgehead atoms. The molecule has 1 atom stereocenters. The highest BCUT2D eigenvalue weighted by Crippen LogP contribution is 2.31. The second-order valence-corrected chi connectivity index (χ2v) is 5.74. The molecule has 1 aliphatic rings. The minimum absolute atomic E-state index is 0.0263. The maximum Gasteiger partial charge on any atom is 0.251 e. The number of anilines is 2. The Balaban J connectivity index is 2.31. The summed E-state index contributed by atoms with van der Waals surface area (Å²) in [5.41, 5.74) is 8.67. The Morgan fingerprint density at radius 1 is 1.33 bits per heavy atom. The third-order valence-electron chi connectivity index (χ3n) is 4.29. The molecule has 0 radical (unpaired) electrons. The normalized spacial score (nSPS) is 19.1. The van der Waals surface area contributed by atoms with Gasteiger partial charge in [0.05, 0.1) is 11.4 Å². The summed E-state index contributed by atoms with van der Waals surface area (Å²) >= 11 is 0. The molecule has 1 unspecified atom stereocenters. The minimum Gasteiger partial charge on any atom is -0.397 e. The molecule has 4 nitrogen and oxygen atoms in total. The number of nitrogens with zero attached hydrogens (tertiary/aromatic N) is 1. The Kier molecular flexibility index (Phi) is 5.48. The molecule has 21 heavy (non-hydrogen) atoms. The van der Waals surface area contributed by atoms with Crippen molar-refractivity contribution < 1.29 is 4.79 Å². The molecule has 0 aromatic heterocycles. The molecule has 116 valence electrons. The predicted molar refractivity (Wildman–Crippen MR) is 88.8 cm³/mol. The molecule has 1 heterocycles. The van der Waals surface area contributed by atoms with Gasteiger partial charge in [0.25, 0.3) is 5.91 Å². The van der Waals surface area contributed by atoms with Crippen LogP contribution in [0.1, 0.15) is 56.3 Å². The number of rotatable bonds is 4. The summed E-state index contributed by atoms with van der Waals surface area (Å²) in [5, 5.41) is 2.85. The first-order valence-electron chi connectivity index (χ1n) is 8.11. The van der Waals surface area contributed by atoms with Crippen LogP contribution in [-0.4, -0.2) is 25.0 Å². The minimum atomic E-state index is -0.0263. The van der Waals surface area contributed by atoms with Gasteiger partial charge >= 0.3 is 0 Å². The molecule has 2 rings (SSSR count). The summed E-state index contributed by atoms with van der Waals surface area (Å²) in [5.74, 6) is -0.0263. The van der Waals surface area contributed by atoms with Crippen molar-refractivity contribution in [1.29, 1.82) is 0 Å². The molecule has 0 aliphatic carbocycles. The van der Waals surface area contributed by atoms with Crippen molar-refractivity contribution in [2.24, 2.45) is 0 Å². The van der Waals surface area contributed by atoms with Crippen LogP contribution in [0.25, 0.3) is 0 Å². The van der Waals surface area contributed by atoms with Crippen molar-refractivity contribution in [2.75, 3.05) is 23.7 Å². The summed E-state index contributed by atoms with van der Waals surface area (Å²) in [4.78, 5) is 14.4. The van der Waals surface area contributed by atoms with Crippen LogP contribution in [0.2, 0.25) is 0 Å². The molecule has 1 fully saturated rings. The lowest BCUT2D eigenvalue weighted by Crippen LogP contribution is -2.35. The Hall–Kier alpha value is -1.71. The van der Waals surface area contributed by atoms with E-state index in [1.54, 1.807) is 0 Å². The van der Waals surface area contributed by atoms with Crippen LogP contribution in [0.3, 0.4) is 0 Å². The second kappa shape index (κ2) is 7.34. The second-order valence-electron chi connectivity index (χ2n) is 5.74. The van der Waals surface area contributed by atoms with E-state index in [1.165, 1.54) is 25.7 Å². The van der Waals surface area contributed by atoms with Gasteiger partial charge in [-0.15, -0.1) is 0 Å². The molecule has 1 saturated heterocycles. The number of carbonyl (C=O) groups is 1. The van der Waals surface area contributed by atoms with Crippen molar-refractivity contribution in [2.45, 2.75) is 52.0 Å². The molecule has 1 aromatic carbocycles. The third-order valence-corrected chi connectivity index (χ3v) is 4.29. The van der Waals surface area contributed by atoms with E-state index in [-0.39, 0.29) is 5.91 Å². The highest BCUT2D eigenvalue weighted by molar-refractivity contribution is 5.96. The molecule has 0 saturated carbocycles. The van der Waals surface area contributed by atoms with Gasteiger partial charge in [-0.3, -0.25) is 4.79 Å². The molecule has 1 aromatic rings. The van der Waals surface area contributed by atoms with Crippen LogP contribution in [0.4, 0.5) is 11.4 Å². The monoisotopic (exact) mass is 289 g/mol. The van der Waals surface area contributed by atoms with Gasteiger partial charge < -0.3 is 16.0 Å². The van der Waals surface area contributed by atoms with E-state index in [0.717, 1.165) is 24.3 Å². The van der Waals surface area contributed by atoms with Gasteiger partial charge in [-0.1, -0.05) is 19.8 Å². The van der Waals surface area contributed by atoms with Crippen LogP contribution in [0.15, 0.2) is 18.2 Å². The smallest absolute Gasteiger partial charge is 0.251 e. The number of carbonyl (C=O) groups excluding carboxylic acids is 1. The first kappa shape index (κ1) is 15.7. The lowest BCUT2D eigenvalue weighted by Gasteiger charge is -2.32. The summed E-state index contributed by atoms with van der Waals surface area (Å²) in [6.45, 7) is 5.83. The van der Waals surface area contributed by atoms with Gasteiger partial charge in [-0.05, 0) is 44.4 Å². The fourth-order valence-electron chi connectivity index (χ4n) is 3.12. The Bertz CT molecular complexity index is 487. The molecule has 1 amide bonds. The summed E-state index contributed by atoms with van der Waals surface area (Å²) in [6.07, 6.45) is 6.08. The molecule has 0 spiro atoms. The molecule has 1 aliphatic heterocycles. The van der Waals surface area contributed by atoms with Crippen LogP contribution in [0.5, 0.6) is 0 Å². The number of nitrogens with one attached hydrogen (secondary N) is 1. The average molecular weight is 289 g/mol. The van der Waals surface area contributed by atoms with E-state index >= 15 is 0 Å². The van der Waals surface area contributed by atoms with E-state index in [9.17, 15) is 4.79 Å². The van der Waals surface area contributed by atoms with Crippen LogP contribution >= 0.6 is 0 Å². The van der Waals surface area contributed by atoms with E-state index < -0.39 is 0 Å². The van der Waals surface area contributed by atoms with Crippen molar-refractivity contribution in [3.63, 3.8) is 0 Å². The zero-order valence-corrected chi connectivity index (χ0v) is 13.2. The van der Waals surface area contributed by atoms with Gasteiger partial charge in [0.2, 0.25) is 0 Å². The Labute approximate surface area is 127 Å². The number of hydrogen-bond acceptors (Lipinski definition) is 3. The van der Waals surface area contributed by atoms with E-state index in [0.29, 0.717) is 18.2 Å². The SMILES string of the molecule is CCNC(=O)c1ccc(N)c(N2CCCCCC2CC)c1. The number of benzene rings is 1. The van der Waals surface area contributed by atoms with Crippen molar-refractivity contribution in [3.8, 4) is 0 Å². The van der Waals surface area contributed by atoms with Gasteiger partial charge in [-0.25, -0.2) is 0 Å². The van der Waals surface area contributed by atoms with Gasteiger partial charge in [-0.2, -0.15) is 0 Å². The molecular weight excluding hydrogens is 262 g/mol. The Morgan fingerprint density at radius 3 is 2.86 bits per heavy atom. The van der Waals surface area contributed by atoms with E-state index in [2.05, 4.69) is 17.1 Å². The van der Waals surface area contributed by atoms with Crippen molar-refractivity contribution >= 4 is 17.3 Å². The quantitative estimate of drug-likeness (QED) is 0.837. The third kappa shape index (κ3) is 3.69. The predicted octanol–water partition coefficient (Wildman–Crippen LogP) is 3.18. The topological polar surface area (TPSA) is 58.4 Å². The highest BCUT2D eigenvalue weighted by atomic mass is 16.1. The number of nitrogens with two attached hydrogens (primary N) is 1. The lowest BCUT2D eigenvalue weighted by atomic mass is 10.1. The zero-order valence-electron chi connectivity index (χ0n) is 13.2. The number of hydrogen-bond donors (Lipinski definition) is 2. The summed E-state index contributed by atoms with van der Waals surface area (Å²) in [7, 11) is 0. The van der Waals surface area contributed by atoms with E-state index in [4.69, 9.17) is 5.73 Å². The van der Waals surface area contributed by atoms with Crippen molar-refractivity contribution in [3.05, 3.63) is 23.8 Å². The Morgan fingerprint density at radius 2 is 2.14 bits per heavy atom. The molecule has 3 N–H and O–H groups in total. The first-order chi connectivity index (χ1) is 10.2. The highest BCUT2D eigenvalue weighted by Gasteiger charge is 2.22. The average Bonchev–Trinajstić information content (AvgIpc) is 2.73. The van der Waals surface area contributed by atoms with Crippen LogP contribution in [0, 0.1) is 0 Å². The number of amides is 1. The van der Waals surface area contributed by atoms with Crippen LogP contribution < -0.4 is 16.0 Å². The lowest BCUT2D eigenvalue weighted by molar-refractivity contribution is 0.0956.